The number of amides is 1. The highest BCUT2D eigenvalue weighted by Gasteiger charge is 2.15. The van der Waals surface area contributed by atoms with Crippen LogP contribution in [0.15, 0.2) is 91.0 Å². The highest BCUT2D eigenvalue weighted by Crippen LogP contribution is 2.34. The number of carbonyl (C=O) groups is 1. The van der Waals surface area contributed by atoms with Crippen LogP contribution in [0.4, 0.5) is 5.69 Å². The Kier molecular flexibility index (Phi) is 4.45. The van der Waals surface area contributed by atoms with Gasteiger partial charge in [0.25, 0.3) is 0 Å². The number of fused-ring (bicyclic) bond motifs is 3. The van der Waals surface area contributed by atoms with Crippen molar-refractivity contribution in [3.63, 3.8) is 0 Å². The first kappa shape index (κ1) is 18.0. The molecule has 4 heteroatoms. The Labute approximate surface area is 174 Å². The molecule has 0 saturated heterocycles. The van der Waals surface area contributed by atoms with Crippen molar-refractivity contribution < 1.29 is 4.79 Å². The average molecular weight is 389 g/mol. The molecule has 0 saturated carbocycles. The second-order valence-corrected chi connectivity index (χ2v) is 7.17. The number of benzene rings is 4. The number of carbonyl (C=O) groups excluding carboxylic acids is 1. The first-order valence-electron chi connectivity index (χ1n) is 9.82. The quantitative estimate of drug-likeness (QED) is 0.381. The number of hydrogen-bond donors (Lipinski definition) is 1. The van der Waals surface area contributed by atoms with Crippen molar-refractivity contribution in [1.29, 1.82) is 0 Å². The molecule has 0 atom stereocenters. The summed E-state index contributed by atoms with van der Waals surface area (Å²) in [5.74, 6) is -0.0990. The molecule has 5 aromatic rings. The van der Waals surface area contributed by atoms with Crippen molar-refractivity contribution in [1.82, 2.24) is 9.97 Å². The molecule has 144 valence electrons. The number of hydrogen-bond acceptors (Lipinski definition) is 3. The smallest absolute Gasteiger partial charge is 0.221 e. The summed E-state index contributed by atoms with van der Waals surface area (Å²) in [6, 6.07) is 30.1. The minimum atomic E-state index is -0.0990. The van der Waals surface area contributed by atoms with E-state index in [9.17, 15) is 4.79 Å². The van der Waals surface area contributed by atoms with E-state index in [1.54, 1.807) is 0 Å². The second-order valence-electron chi connectivity index (χ2n) is 7.17. The van der Waals surface area contributed by atoms with Gasteiger partial charge in [0.05, 0.1) is 22.4 Å². The standard InChI is InChI=1S/C26H19N3O/c1-17(30)27-22-14-8-13-21-20(22)15-16-23-26(21)29-25(19-11-6-3-7-12-19)24(28-23)18-9-4-2-5-10-18/h2-16H,1H3,(H,27,30). The molecule has 1 amide bonds. The largest absolute Gasteiger partial charge is 0.326 e. The fraction of sp³-hybridized carbons (Fsp3) is 0.0385. The molecule has 1 aromatic heterocycles. The Morgan fingerprint density at radius 3 is 1.93 bits per heavy atom. The molecule has 4 aromatic carbocycles. The van der Waals surface area contributed by atoms with Gasteiger partial charge in [-0.05, 0) is 18.2 Å². The van der Waals surface area contributed by atoms with Crippen molar-refractivity contribution in [2.24, 2.45) is 0 Å². The lowest BCUT2D eigenvalue weighted by molar-refractivity contribution is -0.114. The summed E-state index contributed by atoms with van der Waals surface area (Å²) in [4.78, 5) is 21.7. The zero-order chi connectivity index (χ0) is 20.5. The molecule has 5 rings (SSSR count). The minimum Gasteiger partial charge on any atom is -0.326 e. The fourth-order valence-electron chi connectivity index (χ4n) is 3.77. The molecule has 1 heterocycles. The van der Waals surface area contributed by atoms with Crippen LogP contribution in [0.2, 0.25) is 0 Å². The lowest BCUT2D eigenvalue weighted by Gasteiger charge is -2.13. The lowest BCUT2D eigenvalue weighted by atomic mass is 10.0. The fourth-order valence-corrected chi connectivity index (χ4v) is 3.77. The molecule has 0 unspecified atom stereocenters. The van der Waals surface area contributed by atoms with Crippen LogP contribution in [0, 0.1) is 0 Å². The van der Waals surface area contributed by atoms with Gasteiger partial charge in [-0.15, -0.1) is 0 Å². The van der Waals surface area contributed by atoms with Crippen LogP contribution < -0.4 is 5.32 Å². The zero-order valence-corrected chi connectivity index (χ0v) is 16.5. The predicted octanol–water partition coefficient (Wildman–Crippen LogP) is 6.08. The van der Waals surface area contributed by atoms with Gasteiger partial charge in [0.15, 0.2) is 0 Å². The molecule has 0 aliphatic carbocycles. The number of nitrogens with one attached hydrogen (secondary N) is 1. The molecule has 0 spiro atoms. The third-order valence-electron chi connectivity index (χ3n) is 5.10. The van der Waals surface area contributed by atoms with Gasteiger partial charge in [-0.25, -0.2) is 9.97 Å². The highest BCUT2D eigenvalue weighted by molar-refractivity contribution is 6.11. The molecule has 0 bridgehead atoms. The van der Waals surface area contributed by atoms with Crippen molar-refractivity contribution in [2.75, 3.05) is 5.32 Å². The number of aromatic nitrogens is 2. The summed E-state index contributed by atoms with van der Waals surface area (Å²) in [6.45, 7) is 1.51. The van der Waals surface area contributed by atoms with Crippen LogP contribution in [-0.4, -0.2) is 15.9 Å². The van der Waals surface area contributed by atoms with E-state index in [2.05, 4.69) is 29.6 Å². The van der Waals surface area contributed by atoms with Crippen LogP contribution in [0.5, 0.6) is 0 Å². The summed E-state index contributed by atoms with van der Waals surface area (Å²) in [6.07, 6.45) is 0. The van der Waals surface area contributed by atoms with E-state index >= 15 is 0 Å². The van der Waals surface area contributed by atoms with Gasteiger partial charge in [-0.2, -0.15) is 0 Å². The third kappa shape index (κ3) is 3.18. The molecule has 4 nitrogen and oxygen atoms in total. The lowest BCUT2D eigenvalue weighted by Crippen LogP contribution is -2.06. The van der Waals surface area contributed by atoms with Gasteiger partial charge in [0.2, 0.25) is 5.91 Å². The number of rotatable bonds is 3. The Bertz CT molecular complexity index is 1380. The molecule has 1 N–H and O–H groups in total. The van der Waals surface area contributed by atoms with Crippen molar-refractivity contribution >= 4 is 33.4 Å². The number of nitrogens with zero attached hydrogens (tertiary/aromatic N) is 2. The summed E-state index contributed by atoms with van der Waals surface area (Å²) in [7, 11) is 0. The van der Waals surface area contributed by atoms with E-state index in [0.717, 1.165) is 50.0 Å². The Balaban J connectivity index is 1.84. The van der Waals surface area contributed by atoms with Gasteiger partial charge in [0, 0.05) is 34.5 Å². The first-order chi connectivity index (χ1) is 14.7. The van der Waals surface area contributed by atoms with E-state index in [1.165, 1.54) is 6.92 Å². The van der Waals surface area contributed by atoms with Gasteiger partial charge in [-0.3, -0.25) is 4.79 Å². The SMILES string of the molecule is CC(=O)Nc1cccc2c1ccc1nc(-c3ccccc3)c(-c3ccccc3)nc12. The zero-order valence-electron chi connectivity index (χ0n) is 16.5. The Morgan fingerprint density at radius 2 is 1.30 bits per heavy atom. The predicted molar refractivity (Wildman–Crippen MR) is 122 cm³/mol. The van der Waals surface area contributed by atoms with E-state index in [0.29, 0.717) is 0 Å². The maximum atomic E-state index is 11.6. The molecular weight excluding hydrogens is 370 g/mol. The molecular formula is C26H19N3O. The normalized spacial score (nSPS) is 11.0. The van der Waals surface area contributed by atoms with E-state index in [4.69, 9.17) is 9.97 Å². The average Bonchev–Trinajstić information content (AvgIpc) is 2.79. The Hall–Kier alpha value is -4.05. The summed E-state index contributed by atoms with van der Waals surface area (Å²) >= 11 is 0. The van der Waals surface area contributed by atoms with Crippen molar-refractivity contribution in [2.45, 2.75) is 6.92 Å². The van der Waals surface area contributed by atoms with Crippen molar-refractivity contribution in [3.05, 3.63) is 91.0 Å². The van der Waals surface area contributed by atoms with Crippen LogP contribution in [0.25, 0.3) is 44.3 Å². The molecule has 0 radical (unpaired) electrons. The van der Waals surface area contributed by atoms with E-state index in [-0.39, 0.29) is 5.91 Å². The Morgan fingerprint density at radius 1 is 0.667 bits per heavy atom. The highest BCUT2D eigenvalue weighted by atomic mass is 16.1. The summed E-state index contributed by atoms with van der Waals surface area (Å²) < 4.78 is 0. The van der Waals surface area contributed by atoms with Gasteiger partial charge >= 0.3 is 0 Å². The first-order valence-corrected chi connectivity index (χ1v) is 9.82. The van der Waals surface area contributed by atoms with Crippen LogP contribution in [0.1, 0.15) is 6.92 Å². The van der Waals surface area contributed by atoms with E-state index in [1.807, 2.05) is 66.7 Å². The monoisotopic (exact) mass is 389 g/mol. The summed E-state index contributed by atoms with van der Waals surface area (Å²) in [5.41, 5.74) is 6.15. The van der Waals surface area contributed by atoms with Gasteiger partial charge < -0.3 is 5.32 Å². The van der Waals surface area contributed by atoms with E-state index < -0.39 is 0 Å². The molecule has 0 aliphatic heterocycles. The maximum Gasteiger partial charge on any atom is 0.221 e. The van der Waals surface area contributed by atoms with Gasteiger partial charge in [0.1, 0.15) is 0 Å². The molecule has 0 aliphatic rings. The topological polar surface area (TPSA) is 54.9 Å². The second kappa shape index (κ2) is 7.41. The molecule has 0 fully saturated rings. The van der Waals surface area contributed by atoms with Crippen LogP contribution >= 0.6 is 0 Å². The molecule has 30 heavy (non-hydrogen) atoms. The van der Waals surface area contributed by atoms with Crippen molar-refractivity contribution in [3.8, 4) is 22.5 Å². The van der Waals surface area contributed by atoms with Gasteiger partial charge in [-0.1, -0.05) is 72.8 Å². The number of anilines is 1. The summed E-state index contributed by atoms with van der Waals surface area (Å²) in [5, 5.41) is 4.82. The third-order valence-corrected chi connectivity index (χ3v) is 5.10. The van der Waals surface area contributed by atoms with Crippen LogP contribution in [0.3, 0.4) is 0 Å². The maximum absolute atomic E-state index is 11.6. The minimum absolute atomic E-state index is 0.0990. The van der Waals surface area contributed by atoms with Crippen LogP contribution in [-0.2, 0) is 4.79 Å².